The number of nitrogens with zero attached hydrogens (tertiary/aromatic N) is 2. The number of benzene rings is 1. The normalized spacial score (nSPS) is 12.8. The fourth-order valence-corrected chi connectivity index (χ4v) is 3.51. The maximum absolute atomic E-state index is 12.7. The van der Waals surface area contributed by atoms with Gasteiger partial charge in [-0.3, -0.25) is 9.78 Å². The smallest absolute Gasteiger partial charge is 0.324 e. The highest BCUT2D eigenvalue weighted by Crippen LogP contribution is 2.27. The fraction of sp³-hybridized carbons (Fsp3) is 0.286. The van der Waals surface area contributed by atoms with Gasteiger partial charge in [-0.25, -0.2) is 8.42 Å². The lowest BCUT2D eigenvalue weighted by molar-refractivity contribution is -0.145. The van der Waals surface area contributed by atoms with E-state index >= 15 is 0 Å². The summed E-state index contributed by atoms with van der Waals surface area (Å²) in [5.74, 6) is -1.22. The molecule has 0 saturated heterocycles. The first-order valence-electron chi connectivity index (χ1n) is 6.25. The molecular weight excluding hydrogens is 292 g/mol. The van der Waals surface area contributed by atoms with Crippen LogP contribution in [0.2, 0.25) is 0 Å². The van der Waals surface area contributed by atoms with E-state index in [0.29, 0.717) is 10.9 Å². The summed E-state index contributed by atoms with van der Waals surface area (Å²) in [5, 5.41) is 9.89. The molecule has 1 aromatic carbocycles. The van der Waals surface area contributed by atoms with Crippen LogP contribution in [0.25, 0.3) is 10.9 Å². The van der Waals surface area contributed by atoms with E-state index < -0.39 is 21.5 Å². The lowest BCUT2D eigenvalue weighted by Gasteiger charge is -2.30. The van der Waals surface area contributed by atoms with E-state index in [4.69, 9.17) is 0 Å². The molecule has 2 rings (SSSR count). The second-order valence-corrected chi connectivity index (χ2v) is 7.11. The Morgan fingerprint density at radius 1 is 1.24 bits per heavy atom. The maximum Gasteiger partial charge on any atom is 0.324 e. The quantitative estimate of drug-likeness (QED) is 0.929. The van der Waals surface area contributed by atoms with Crippen LogP contribution in [0.3, 0.4) is 0 Å². The summed E-state index contributed by atoms with van der Waals surface area (Å²) >= 11 is 0. The molecular formula is C14H16N2O4S. The van der Waals surface area contributed by atoms with Gasteiger partial charge < -0.3 is 5.11 Å². The van der Waals surface area contributed by atoms with Crippen LogP contribution in [-0.2, 0) is 14.8 Å². The maximum atomic E-state index is 12.7. The zero-order chi connectivity index (χ0) is 15.8. The monoisotopic (exact) mass is 308 g/mol. The first-order chi connectivity index (χ1) is 9.69. The molecule has 0 saturated carbocycles. The van der Waals surface area contributed by atoms with Crippen molar-refractivity contribution in [3.8, 4) is 0 Å². The molecule has 0 spiro atoms. The minimum atomic E-state index is -3.98. The van der Waals surface area contributed by atoms with E-state index in [0.717, 1.165) is 4.31 Å². The average Bonchev–Trinajstić information content (AvgIpc) is 2.45. The van der Waals surface area contributed by atoms with Crippen LogP contribution in [-0.4, -0.2) is 41.4 Å². The Labute approximate surface area is 123 Å². The van der Waals surface area contributed by atoms with E-state index in [1.54, 1.807) is 24.3 Å². The second-order valence-electron chi connectivity index (χ2n) is 5.17. The van der Waals surface area contributed by atoms with Crippen molar-refractivity contribution in [2.75, 3.05) is 7.05 Å². The molecule has 0 bridgehead atoms. The van der Waals surface area contributed by atoms with Gasteiger partial charge in [-0.1, -0.05) is 18.2 Å². The molecule has 0 atom stereocenters. The third-order valence-corrected chi connectivity index (χ3v) is 5.61. The number of likely N-dealkylation sites (N-methyl/N-ethyl adjacent to an activating group) is 1. The molecule has 1 aromatic heterocycles. The number of aromatic nitrogens is 1. The molecule has 6 nitrogen and oxygen atoms in total. The SMILES string of the molecule is CN(C(C)(C)C(=O)O)S(=O)(=O)c1cccc2cccnc12. The lowest BCUT2D eigenvalue weighted by atomic mass is 10.1. The number of carboxylic acid groups (broad SMARTS) is 1. The number of carboxylic acids is 1. The van der Waals surface area contributed by atoms with Crippen molar-refractivity contribution in [1.82, 2.24) is 9.29 Å². The highest BCUT2D eigenvalue weighted by atomic mass is 32.2. The molecule has 0 fully saturated rings. The van der Waals surface area contributed by atoms with Gasteiger partial charge in [0, 0.05) is 18.6 Å². The number of rotatable bonds is 4. The van der Waals surface area contributed by atoms with Gasteiger partial charge in [0.25, 0.3) is 0 Å². The zero-order valence-electron chi connectivity index (χ0n) is 11.9. The van der Waals surface area contributed by atoms with Crippen molar-refractivity contribution in [3.05, 3.63) is 36.5 Å². The summed E-state index contributed by atoms with van der Waals surface area (Å²) in [7, 11) is -2.72. The molecule has 7 heteroatoms. The van der Waals surface area contributed by atoms with Crippen LogP contribution >= 0.6 is 0 Å². The highest BCUT2D eigenvalue weighted by molar-refractivity contribution is 7.89. The van der Waals surface area contributed by atoms with Crippen LogP contribution in [0.5, 0.6) is 0 Å². The van der Waals surface area contributed by atoms with E-state index in [1.807, 2.05) is 0 Å². The number of sulfonamides is 1. The molecule has 0 aliphatic carbocycles. The zero-order valence-corrected chi connectivity index (χ0v) is 12.8. The van der Waals surface area contributed by atoms with Crippen LogP contribution in [0, 0.1) is 0 Å². The largest absolute Gasteiger partial charge is 0.480 e. The van der Waals surface area contributed by atoms with Crippen LogP contribution in [0.4, 0.5) is 0 Å². The molecule has 0 aliphatic rings. The predicted octanol–water partition coefficient (Wildman–Crippen LogP) is 1.72. The van der Waals surface area contributed by atoms with Crippen LogP contribution < -0.4 is 0 Å². The van der Waals surface area contributed by atoms with Crippen molar-refractivity contribution in [3.63, 3.8) is 0 Å². The number of hydrogen-bond acceptors (Lipinski definition) is 4. The van der Waals surface area contributed by atoms with E-state index in [9.17, 15) is 18.3 Å². The van der Waals surface area contributed by atoms with Crippen molar-refractivity contribution in [1.29, 1.82) is 0 Å². The summed E-state index contributed by atoms with van der Waals surface area (Å²) in [6.07, 6.45) is 1.50. The van der Waals surface area contributed by atoms with Gasteiger partial charge in [-0.15, -0.1) is 0 Å². The topological polar surface area (TPSA) is 87.6 Å². The van der Waals surface area contributed by atoms with E-state index in [-0.39, 0.29) is 4.90 Å². The molecule has 2 aromatic rings. The van der Waals surface area contributed by atoms with Crippen molar-refractivity contribution in [2.45, 2.75) is 24.3 Å². The summed E-state index contributed by atoms with van der Waals surface area (Å²) in [6.45, 7) is 2.68. The number of para-hydroxylation sites is 1. The number of hydrogen-bond donors (Lipinski definition) is 1. The Bertz CT molecular complexity index is 794. The molecule has 1 N–H and O–H groups in total. The number of aliphatic carboxylic acids is 1. The Kier molecular flexibility index (Phi) is 3.73. The van der Waals surface area contributed by atoms with Crippen molar-refractivity contribution in [2.24, 2.45) is 0 Å². The van der Waals surface area contributed by atoms with Crippen LogP contribution in [0.15, 0.2) is 41.4 Å². The number of carbonyl (C=O) groups is 1. The third kappa shape index (κ3) is 2.50. The second kappa shape index (κ2) is 5.09. The standard InChI is InChI=1S/C14H16N2O4S/c1-14(2,13(17)18)16(3)21(19,20)11-8-4-6-10-7-5-9-15-12(10)11/h4-9H,1-3H3,(H,17,18). The Balaban J connectivity index is 2.66. The molecule has 0 radical (unpaired) electrons. The summed E-state index contributed by atoms with van der Waals surface area (Å²) in [5.41, 5.74) is -1.23. The molecule has 112 valence electrons. The Morgan fingerprint density at radius 3 is 2.48 bits per heavy atom. The minimum Gasteiger partial charge on any atom is -0.480 e. The number of fused-ring (bicyclic) bond motifs is 1. The van der Waals surface area contributed by atoms with Crippen LogP contribution in [0.1, 0.15) is 13.8 Å². The van der Waals surface area contributed by atoms with Crippen molar-refractivity contribution >= 4 is 26.9 Å². The summed E-state index contributed by atoms with van der Waals surface area (Å²) in [6, 6.07) is 8.26. The molecule has 0 amide bonds. The number of pyridine rings is 1. The molecule has 1 heterocycles. The van der Waals surface area contributed by atoms with Gasteiger partial charge in [0.2, 0.25) is 10.0 Å². The lowest BCUT2D eigenvalue weighted by Crippen LogP contribution is -2.50. The van der Waals surface area contributed by atoms with Gasteiger partial charge in [0.15, 0.2) is 0 Å². The Morgan fingerprint density at radius 2 is 1.86 bits per heavy atom. The van der Waals surface area contributed by atoms with E-state index in [2.05, 4.69) is 4.98 Å². The Hall–Kier alpha value is -1.99. The summed E-state index contributed by atoms with van der Waals surface area (Å²) in [4.78, 5) is 15.4. The molecule has 0 aliphatic heterocycles. The minimum absolute atomic E-state index is 0.00238. The fourth-order valence-electron chi connectivity index (χ4n) is 1.87. The van der Waals surface area contributed by atoms with E-state index in [1.165, 1.54) is 33.2 Å². The highest BCUT2D eigenvalue weighted by Gasteiger charge is 2.40. The molecule has 0 unspecified atom stereocenters. The molecule has 21 heavy (non-hydrogen) atoms. The van der Waals surface area contributed by atoms with Gasteiger partial charge in [-0.2, -0.15) is 4.31 Å². The summed E-state index contributed by atoms with van der Waals surface area (Å²) < 4.78 is 26.3. The van der Waals surface area contributed by atoms with Gasteiger partial charge in [-0.05, 0) is 26.0 Å². The van der Waals surface area contributed by atoms with Crippen molar-refractivity contribution < 1.29 is 18.3 Å². The first-order valence-corrected chi connectivity index (χ1v) is 7.69. The third-order valence-electron chi connectivity index (χ3n) is 3.54. The first kappa shape index (κ1) is 15.4. The van der Waals surface area contributed by atoms with Gasteiger partial charge in [0.1, 0.15) is 10.4 Å². The van der Waals surface area contributed by atoms with Gasteiger partial charge >= 0.3 is 5.97 Å². The predicted molar refractivity (Wildman–Crippen MR) is 78.4 cm³/mol. The average molecular weight is 308 g/mol. The van der Waals surface area contributed by atoms with Gasteiger partial charge in [0.05, 0.1) is 5.52 Å².